The fourth-order valence-electron chi connectivity index (χ4n) is 1.40. The summed E-state index contributed by atoms with van der Waals surface area (Å²) in [6, 6.07) is 3.68. The van der Waals surface area contributed by atoms with Crippen LogP contribution in [0.4, 0.5) is 0 Å². The summed E-state index contributed by atoms with van der Waals surface area (Å²) in [7, 11) is 0. The van der Waals surface area contributed by atoms with E-state index < -0.39 is 5.92 Å². The third kappa shape index (κ3) is 3.07. The van der Waals surface area contributed by atoms with Crippen LogP contribution in [0, 0.1) is 5.92 Å². The minimum absolute atomic E-state index is 0.179. The van der Waals surface area contributed by atoms with Gasteiger partial charge in [0.25, 0.3) is 5.91 Å². The molecule has 17 heavy (non-hydrogen) atoms. The van der Waals surface area contributed by atoms with E-state index in [-0.39, 0.29) is 11.8 Å². The average molecular weight is 229 g/mol. The van der Waals surface area contributed by atoms with Crippen LogP contribution in [0.5, 0.6) is 0 Å². The molecule has 1 aromatic rings. The maximum atomic E-state index is 11.7. The van der Waals surface area contributed by atoms with Crippen molar-refractivity contribution >= 4 is 18.0 Å². The van der Waals surface area contributed by atoms with Gasteiger partial charge in [-0.15, -0.1) is 0 Å². The van der Waals surface area contributed by atoms with Crippen LogP contribution in [0.2, 0.25) is 0 Å². The van der Waals surface area contributed by atoms with E-state index in [1.807, 2.05) is 12.1 Å². The Labute approximate surface area is 98.3 Å². The van der Waals surface area contributed by atoms with E-state index in [4.69, 9.17) is 0 Å². The topological polar surface area (TPSA) is 71.4 Å². The van der Waals surface area contributed by atoms with Gasteiger partial charge in [0.2, 0.25) is 5.91 Å². The number of nitrogens with one attached hydrogen (secondary N) is 1. The minimum atomic E-state index is -0.468. The molecule has 5 nitrogen and oxygen atoms in total. The van der Waals surface area contributed by atoms with Crippen LogP contribution >= 0.6 is 0 Å². The number of amides is 2. The lowest BCUT2D eigenvalue weighted by atomic mass is 10.1. The van der Waals surface area contributed by atoms with Gasteiger partial charge in [0.05, 0.1) is 5.92 Å². The van der Waals surface area contributed by atoms with E-state index in [0.29, 0.717) is 6.54 Å². The highest BCUT2D eigenvalue weighted by atomic mass is 16.2. The number of hydrogen-bond donors (Lipinski definition) is 1. The number of rotatable bonds is 3. The number of carbonyl (C=O) groups is 2. The van der Waals surface area contributed by atoms with Gasteiger partial charge in [-0.05, 0) is 11.6 Å². The molecule has 86 valence electrons. The van der Waals surface area contributed by atoms with Gasteiger partial charge in [-0.3, -0.25) is 14.6 Å². The molecule has 1 aliphatic rings. The van der Waals surface area contributed by atoms with E-state index >= 15 is 0 Å². The number of nitrogens with zero attached hydrogens (tertiary/aromatic N) is 2. The zero-order chi connectivity index (χ0) is 12.1. The first-order chi connectivity index (χ1) is 8.25. The summed E-state index contributed by atoms with van der Waals surface area (Å²) in [5.74, 6) is -0.980. The van der Waals surface area contributed by atoms with E-state index in [9.17, 15) is 9.59 Å². The van der Waals surface area contributed by atoms with E-state index in [1.54, 1.807) is 12.4 Å². The number of carbonyl (C=O) groups excluding carboxylic acids is 2. The molecule has 1 aromatic heterocycles. The lowest BCUT2D eigenvalue weighted by molar-refractivity contribution is -0.122. The SMILES string of the molecule is O=C1C=CC(C(=O)NCc2cccnc2)C=N1. The number of aliphatic imine (C=N–C) groups is 1. The van der Waals surface area contributed by atoms with Crippen molar-refractivity contribution in [3.63, 3.8) is 0 Å². The molecule has 1 unspecified atom stereocenters. The zero-order valence-corrected chi connectivity index (χ0v) is 9.04. The van der Waals surface area contributed by atoms with Gasteiger partial charge < -0.3 is 5.32 Å². The lowest BCUT2D eigenvalue weighted by Gasteiger charge is -2.10. The molecule has 0 spiro atoms. The van der Waals surface area contributed by atoms with Gasteiger partial charge in [-0.2, -0.15) is 0 Å². The second kappa shape index (κ2) is 5.16. The molecular weight excluding hydrogens is 218 g/mol. The molecule has 0 bridgehead atoms. The molecule has 2 rings (SSSR count). The van der Waals surface area contributed by atoms with Crippen molar-refractivity contribution in [2.24, 2.45) is 10.9 Å². The molecule has 0 aromatic carbocycles. The molecule has 2 heterocycles. The minimum Gasteiger partial charge on any atom is -0.351 e. The Kier molecular flexibility index (Phi) is 3.40. The van der Waals surface area contributed by atoms with Crippen molar-refractivity contribution in [3.8, 4) is 0 Å². The highest BCUT2D eigenvalue weighted by Crippen LogP contribution is 2.03. The Morgan fingerprint density at radius 2 is 2.35 bits per heavy atom. The fraction of sp³-hybridized carbons (Fsp3) is 0.167. The Bertz CT molecular complexity index is 464. The summed E-state index contributed by atoms with van der Waals surface area (Å²) in [6.07, 6.45) is 7.55. The summed E-state index contributed by atoms with van der Waals surface area (Å²) in [4.78, 5) is 30.0. The number of pyridine rings is 1. The summed E-state index contributed by atoms with van der Waals surface area (Å²) in [5, 5.41) is 2.75. The Morgan fingerprint density at radius 3 is 3.00 bits per heavy atom. The largest absolute Gasteiger partial charge is 0.351 e. The molecule has 0 radical (unpaired) electrons. The van der Waals surface area contributed by atoms with Crippen molar-refractivity contribution in [1.82, 2.24) is 10.3 Å². The van der Waals surface area contributed by atoms with Gasteiger partial charge in [-0.25, -0.2) is 4.99 Å². The van der Waals surface area contributed by atoms with Crippen molar-refractivity contribution in [2.75, 3.05) is 0 Å². The molecule has 0 saturated carbocycles. The van der Waals surface area contributed by atoms with Crippen LogP contribution in [0.1, 0.15) is 5.56 Å². The predicted octanol–water partition coefficient (Wildman–Crippen LogP) is 0.481. The second-order valence-corrected chi connectivity index (χ2v) is 3.58. The van der Waals surface area contributed by atoms with Crippen molar-refractivity contribution < 1.29 is 9.59 Å². The standard InChI is InChI=1S/C12H11N3O2/c16-11-4-3-10(8-14-11)12(17)15-7-9-2-1-5-13-6-9/h1-6,8,10H,7H2,(H,15,17). The van der Waals surface area contributed by atoms with E-state index in [1.165, 1.54) is 18.4 Å². The first kappa shape index (κ1) is 11.2. The van der Waals surface area contributed by atoms with Gasteiger partial charge in [0.1, 0.15) is 0 Å². The molecule has 1 aliphatic heterocycles. The zero-order valence-electron chi connectivity index (χ0n) is 9.04. The maximum Gasteiger partial charge on any atom is 0.269 e. The third-order valence-electron chi connectivity index (χ3n) is 2.30. The Balaban J connectivity index is 1.88. The van der Waals surface area contributed by atoms with Gasteiger partial charge >= 0.3 is 0 Å². The van der Waals surface area contributed by atoms with Gasteiger partial charge in [-0.1, -0.05) is 12.1 Å². The van der Waals surface area contributed by atoms with Crippen LogP contribution in [0.15, 0.2) is 41.7 Å². The van der Waals surface area contributed by atoms with Crippen LogP contribution < -0.4 is 5.32 Å². The highest BCUT2D eigenvalue weighted by Gasteiger charge is 2.15. The van der Waals surface area contributed by atoms with Crippen LogP contribution in [-0.4, -0.2) is 23.0 Å². The third-order valence-corrected chi connectivity index (χ3v) is 2.30. The molecule has 0 fully saturated rings. The normalized spacial score (nSPS) is 18.1. The molecule has 0 saturated heterocycles. The number of dihydropyridines is 1. The first-order valence-electron chi connectivity index (χ1n) is 5.18. The molecule has 2 amide bonds. The molecule has 1 N–H and O–H groups in total. The molecule has 0 aliphatic carbocycles. The fourth-order valence-corrected chi connectivity index (χ4v) is 1.40. The predicted molar refractivity (Wildman–Crippen MR) is 62.2 cm³/mol. The monoisotopic (exact) mass is 229 g/mol. The summed E-state index contributed by atoms with van der Waals surface area (Å²) in [5.41, 5.74) is 0.925. The number of hydrogen-bond acceptors (Lipinski definition) is 3. The Morgan fingerprint density at radius 1 is 1.47 bits per heavy atom. The lowest BCUT2D eigenvalue weighted by Crippen LogP contribution is -2.31. The molecule has 5 heteroatoms. The second-order valence-electron chi connectivity index (χ2n) is 3.58. The van der Waals surface area contributed by atoms with E-state index in [2.05, 4.69) is 15.3 Å². The average Bonchev–Trinajstić information content (AvgIpc) is 2.38. The summed E-state index contributed by atoms with van der Waals surface area (Å²) in [6.45, 7) is 0.415. The molecular formula is C12H11N3O2. The van der Waals surface area contributed by atoms with Crippen LogP contribution in [0.25, 0.3) is 0 Å². The van der Waals surface area contributed by atoms with Gasteiger partial charge in [0.15, 0.2) is 0 Å². The van der Waals surface area contributed by atoms with Crippen molar-refractivity contribution in [2.45, 2.75) is 6.54 Å². The maximum absolute atomic E-state index is 11.7. The van der Waals surface area contributed by atoms with Crippen molar-refractivity contribution in [1.29, 1.82) is 0 Å². The quantitative estimate of drug-likeness (QED) is 0.819. The van der Waals surface area contributed by atoms with E-state index in [0.717, 1.165) is 5.56 Å². The number of aromatic nitrogens is 1. The smallest absolute Gasteiger partial charge is 0.269 e. The first-order valence-corrected chi connectivity index (χ1v) is 5.18. The summed E-state index contributed by atoms with van der Waals surface area (Å²) >= 11 is 0. The highest BCUT2D eigenvalue weighted by molar-refractivity contribution is 6.05. The summed E-state index contributed by atoms with van der Waals surface area (Å²) < 4.78 is 0. The van der Waals surface area contributed by atoms with Gasteiger partial charge in [0, 0.05) is 31.2 Å². The molecule has 1 atom stereocenters. The van der Waals surface area contributed by atoms with Crippen LogP contribution in [-0.2, 0) is 16.1 Å². The van der Waals surface area contributed by atoms with Crippen molar-refractivity contribution in [3.05, 3.63) is 42.2 Å². The van der Waals surface area contributed by atoms with Crippen LogP contribution in [0.3, 0.4) is 0 Å². The Hall–Kier alpha value is -2.30.